The summed E-state index contributed by atoms with van der Waals surface area (Å²) in [6.07, 6.45) is 2.74. The molecule has 0 bridgehead atoms. The second kappa shape index (κ2) is 6.46. The monoisotopic (exact) mass is 275 g/mol. The fourth-order valence-corrected chi connectivity index (χ4v) is 3.05. The Bertz CT molecular complexity index is 443. The molecule has 4 nitrogen and oxygen atoms in total. The number of hydrogen-bond acceptors (Lipinski definition) is 4. The third kappa shape index (κ3) is 3.25. The minimum atomic E-state index is 0.765. The molecule has 1 aromatic rings. The zero-order chi connectivity index (χ0) is 13.8. The molecule has 2 heterocycles. The molecular formula is C16H25N3O. The summed E-state index contributed by atoms with van der Waals surface area (Å²) in [5.41, 5.74) is 2.43. The van der Waals surface area contributed by atoms with Crippen LogP contribution in [-0.2, 0) is 6.54 Å². The van der Waals surface area contributed by atoms with Crippen LogP contribution in [0.15, 0.2) is 18.2 Å². The highest BCUT2D eigenvalue weighted by Crippen LogP contribution is 2.31. The smallest absolute Gasteiger partial charge is 0.146 e. The first-order chi connectivity index (χ1) is 9.83. The maximum absolute atomic E-state index is 5.83. The predicted molar refractivity (Wildman–Crippen MR) is 82.4 cm³/mol. The first kappa shape index (κ1) is 13.7. The highest BCUT2D eigenvalue weighted by Gasteiger charge is 2.16. The summed E-state index contributed by atoms with van der Waals surface area (Å²) in [5.74, 6) is 1.05. The van der Waals surface area contributed by atoms with E-state index in [0.29, 0.717) is 0 Å². The van der Waals surface area contributed by atoms with Crippen molar-refractivity contribution in [1.82, 2.24) is 9.80 Å². The summed E-state index contributed by atoms with van der Waals surface area (Å²) >= 11 is 0. The van der Waals surface area contributed by atoms with E-state index in [4.69, 9.17) is 4.74 Å². The maximum Gasteiger partial charge on any atom is 0.146 e. The summed E-state index contributed by atoms with van der Waals surface area (Å²) in [6.45, 7) is 7.49. The molecule has 2 aliphatic heterocycles. The molecule has 4 heteroatoms. The number of ether oxygens (including phenoxy) is 1. The second-order valence-corrected chi connectivity index (χ2v) is 5.86. The SMILES string of the molecule is CN(CCN1CCCC1)Cc1cccc2c1OCCN2. The van der Waals surface area contributed by atoms with Crippen LogP contribution in [0, 0.1) is 0 Å². The summed E-state index contributed by atoms with van der Waals surface area (Å²) in [6, 6.07) is 6.39. The molecule has 2 aliphatic rings. The number of likely N-dealkylation sites (tertiary alicyclic amines) is 1. The van der Waals surface area contributed by atoms with Crippen LogP contribution in [-0.4, -0.2) is 56.2 Å². The Morgan fingerprint density at radius 2 is 2.15 bits per heavy atom. The van der Waals surface area contributed by atoms with E-state index in [2.05, 4.69) is 40.4 Å². The van der Waals surface area contributed by atoms with E-state index >= 15 is 0 Å². The predicted octanol–water partition coefficient (Wildman–Crippen LogP) is 2.02. The highest BCUT2D eigenvalue weighted by molar-refractivity contribution is 5.61. The van der Waals surface area contributed by atoms with Crippen molar-refractivity contribution in [2.75, 3.05) is 51.7 Å². The number of rotatable bonds is 5. The first-order valence-electron chi connectivity index (χ1n) is 7.72. The van der Waals surface area contributed by atoms with E-state index in [-0.39, 0.29) is 0 Å². The van der Waals surface area contributed by atoms with Crippen molar-refractivity contribution >= 4 is 5.69 Å². The van der Waals surface area contributed by atoms with Gasteiger partial charge in [0.25, 0.3) is 0 Å². The van der Waals surface area contributed by atoms with Crippen LogP contribution in [0.25, 0.3) is 0 Å². The minimum absolute atomic E-state index is 0.765. The first-order valence-corrected chi connectivity index (χ1v) is 7.72. The van der Waals surface area contributed by atoms with Crippen LogP contribution in [0.2, 0.25) is 0 Å². The lowest BCUT2D eigenvalue weighted by atomic mass is 10.1. The molecule has 0 atom stereocenters. The second-order valence-electron chi connectivity index (χ2n) is 5.86. The number of anilines is 1. The van der Waals surface area contributed by atoms with E-state index in [0.717, 1.165) is 37.7 Å². The molecule has 0 aliphatic carbocycles. The normalized spacial score (nSPS) is 18.7. The van der Waals surface area contributed by atoms with Crippen LogP contribution in [0.5, 0.6) is 5.75 Å². The molecule has 0 spiro atoms. The van der Waals surface area contributed by atoms with Crippen LogP contribution in [0.3, 0.4) is 0 Å². The largest absolute Gasteiger partial charge is 0.489 e. The average Bonchev–Trinajstić information content (AvgIpc) is 2.99. The topological polar surface area (TPSA) is 27.7 Å². The van der Waals surface area contributed by atoms with E-state index in [9.17, 15) is 0 Å². The third-order valence-corrected chi connectivity index (χ3v) is 4.20. The molecule has 1 aromatic carbocycles. The van der Waals surface area contributed by atoms with Gasteiger partial charge in [-0.15, -0.1) is 0 Å². The van der Waals surface area contributed by atoms with Crippen molar-refractivity contribution in [2.45, 2.75) is 19.4 Å². The van der Waals surface area contributed by atoms with Gasteiger partial charge in [-0.1, -0.05) is 12.1 Å². The Labute approximate surface area is 121 Å². The fourth-order valence-electron chi connectivity index (χ4n) is 3.05. The van der Waals surface area contributed by atoms with Crippen LogP contribution in [0.4, 0.5) is 5.69 Å². The molecule has 3 rings (SSSR count). The van der Waals surface area contributed by atoms with Gasteiger partial charge < -0.3 is 19.9 Å². The molecule has 0 saturated carbocycles. The van der Waals surface area contributed by atoms with Gasteiger partial charge in [0, 0.05) is 31.7 Å². The Balaban J connectivity index is 1.56. The summed E-state index contributed by atoms with van der Waals surface area (Å²) in [7, 11) is 2.20. The minimum Gasteiger partial charge on any atom is -0.489 e. The average molecular weight is 275 g/mol. The Kier molecular flexibility index (Phi) is 4.43. The van der Waals surface area contributed by atoms with Crippen molar-refractivity contribution in [3.63, 3.8) is 0 Å². The fraction of sp³-hybridized carbons (Fsp3) is 0.625. The van der Waals surface area contributed by atoms with Gasteiger partial charge in [0.2, 0.25) is 0 Å². The molecule has 0 aromatic heterocycles. The van der Waals surface area contributed by atoms with Crippen molar-refractivity contribution in [3.8, 4) is 5.75 Å². The highest BCUT2D eigenvalue weighted by atomic mass is 16.5. The number of benzene rings is 1. The van der Waals surface area contributed by atoms with Gasteiger partial charge in [-0.3, -0.25) is 0 Å². The van der Waals surface area contributed by atoms with Gasteiger partial charge in [0.1, 0.15) is 12.4 Å². The number of fused-ring (bicyclic) bond motifs is 1. The Morgan fingerprint density at radius 1 is 1.30 bits per heavy atom. The van der Waals surface area contributed by atoms with Crippen LogP contribution < -0.4 is 10.1 Å². The standard InChI is InChI=1S/C16H25N3O/c1-18(10-11-19-8-2-3-9-19)13-14-5-4-6-15-16(14)20-12-7-17-15/h4-6,17H,2-3,7-13H2,1H3. The van der Waals surface area contributed by atoms with Gasteiger partial charge in [0.15, 0.2) is 0 Å². The lowest BCUT2D eigenvalue weighted by Crippen LogP contribution is -2.31. The molecule has 110 valence electrons. The van der Waals surface area contributed by atoms with Crippen molar-refractivity contribution in [3.05, 3.63) is 23.8 Å². The number of likely N-dealkylation sites (N-methyl/N-ethyl adjacent to an activating group) is 1. The molecule has 0 unspecified atom stereocenters. The van der Waals surface area contributed by atoms with Gasteiger partial charge in [-0.25, -0.2) is 0 Å². The Morgan fingerprint density at radius 3 is 3.00 bits per heavy atom. The molecular weight excluding hydrogens is 250 g/mol. The molecule has 1 fully saturated rings. The summed E-state index contributed by atoms with van der Waals surface area (Å²) in [4.78, 5) is 4.96. The molecule has 0 radical (unpaired) electrons. The zero-order valence-corrected chi connectivity index (χ0v) is 12.4. The van der Waals surface area contributed by atoms with Gasteiger partial charge in [-0.2, -0.15) is 0 Å². The number of nitrogens with one attached hydrogen (secondary N) is 1. The van der Waals surface area contributed by atoms with Gasteiger partial charge in [0.05, 0.1) is 5.69 Å². The number of nitrogens with zero attached hydrogens (tertiary/aromatic N) is 2. The lowest BCUT2D eigenvalue weighted by Gasteiger charge is -2.25. The molecule has 1 saturated heterocycles. The maximum atomic E-state index is 5.83. The van der Waals surface area contributed by atoms with Crippen molar-refractivity contribution in [2.24, 2.45) is 0 Å². The Hall–Kier alpha value is -1.26. The number of hydrogen-bond donors (Lipinski definition) is 1. The molecule has 0 amide bonds. The molecule has 1 N–H and O–H groups in total. The van der Waals surface area contributed by atoms with E-state index in [1.54, 1.807) is 0 Å². The van der Waals surface area contributed by atoms with E-state index in [1.807, 2.05) is 0 Å². The van der Waals surface area contributed by atoms with E-state index in [1.165, 1.54) is 38.0 Å². The number of para-hydroxylation sites is 1. The van der Waals surface area contributed by atoms with Crippen LogP contribution >= 0.6 is 0 Å². The molecule has 20 heavy (non-hydrogen) atoms. The van der Waals surface area contributed by atoms with Gasteiger partial charge >= 0.3 is 0 Å². The van der Waals surface area contributed by atoms with Crippen molar-refractivity contribution in [1.29, 1.82) is 0 Å². The quantitative estimate of drug-likeness (QED) is 0.890. The van der Waals surface area contributed by atoms with Crippen LogP contribution in [0.1, 0.15) is 18.4 Å². The lowest BCUT2D eigenvalue weighted by molar-refractivity contribution is 0.247. The van der Waals surface area contributed by atoms with Crippen molar-refractivity contribution < 1.29 is 4.74 Å². The summed E-state index contributed by atoms with van der Waals surface area (Å²) < 4.78 is 5.83. The third-order valence-electron chi connectivity index (χ3n) is 4.20. The van der Waals surface area contributed by atoms with E-state index < -0.39 is 0 Å². The zero-order valence-electron chi connectivity index (χ0n) is 12.4. The summed E-state index contributed by atoms with van der Waals surface area (Å²) in [5, 5.41) is 3.40. The van der Waals surface area contributed by atoms with Gasteiger partial charge in [-0.05, 0) is 39.0 Å².